The Kier molecular flexibility index (Phi) is 6.06. The average molecular weight is 316 g/mol. The molecule has 0 fully saturated rings. The van der Waals surface area contributed by atoms with Crippen molar-refractivity contribution in [3.05, 3.63) is 77.6 Å². The minimum atomic E-state index is 0. The van der Waals surface area contributed by atoms with Gasteiger partial charge in [0, 0.05) is 12.5 Å². The van der Waals surface area contributed by atoms with Crippen LogP contribution in [0.2, 0.25) is 0 Å². The summed E-state index contributed by atoms with van der Waals surface area (Å²) in [5.74, 6) is 0.981. The van der Waals surface area contributed by atoms with Crippen LogP contribution in [0.5, 0.6) is 0 Å². The number of rotatable bonds is 6. The Morgan fingerprint density at radius 3 is 2.00 bits per heavy atom. The lowest BCUT2D eigenvalue weighted by atomic mass is 9.91. The first-order valence-corrected chi connectivity index (χ1v) is 6.96. The fourth-order valence-electron chi connectivity index (χ4n) is 2.38. The second-order valence-corrected chi connectivity index (χ2v) is 4.83. The minimum absolute atomic E-state index is 0. The van der Waals surface area contributed by atoms with Crippen molar-refractivity contribution in [2.45, 2.75) is 12.5 Å². The first kappa shape index (κ1) is 16.1. The van der Waals surface area contributed by atoms with Gasteiger partial charge in [0.25, 0.3) is 0 Å². The van der Waals surface area contributed by atoms with Crippen molar-refractivity contribution in [2.75, 3.05) is 6.54 Å². The summed E-state index contributed by atoms with van der Waals surface area (Å²) >= 11 is 0. The van der Waals surface area contributed by atoms with Gasteiger partial charge in [-0.05, 0) is 11.1 Å². The molecule has 0 amide bonds. The predicted molar refractivity (Wildman–Crippen MR) is 87.9 cm³/mol. The second kappa shape index (κ2) is 8.26. The second-order valence-electron chi connectivity index (χ2n) is 4.83. The van der Waals surface area contributed by atoms with Crippen LogP contribution in [-0.2, 0) is 6.54 Å². The molecule has 5 nitrogen and oxygen atoms in total. The molecule has 114 valence electrons. The van der Waals surface area contributed by atoms with Crippen LogP contribution in [0.4, 0.5) is 0 Å². The zero-order valence-electron chi connectivity index (χ0n) is 12.0. The molecule has 3 rings (SSSR count). The third-order valence-corrected chi connectivity index (χ3v) is 3.42. The molecule has 1 heterocycles. The number of benzene rings is 2. The number of hydrogen-bond acceptors (Lipinski definition) is 4. The average Bonchev–Trinajstić information content (AvgIpc) is 3.07. The molecule has 0 spiro atoms. The highest BCUT2D eigenvalue weighted by molar-refractivity contribution is 5.85. The fourth-order valence-corrected chi connectivity index (χ4v) is 2.38. The fraction of sp³-hybridized carbons (Fsp3) is 0.188. The standard InChI is InChI=1S/C16H17N5.ClH/c1-3-7-13(8-4-1)15(14-9-5-2-6-10-14)11-17-12-16-18-20-21-19-16;/h1-10,15,17H,11-12H2,(H,18,19,20,21);1H. The van der Waals surface area contributed by atoms with Crippen molar-refractivity contribution in [1.82, 2.24) is 25.9 Å². The van der Waals surface area contributed by atoms with Crippen LogP contribution in [0.25, 0.3) is 0 Å². The Labute approximate surface area is 135 Å². The number of halogens is 1. The molecule has 0 aliphatic carbocycles. The maximum atomic E-state index is 3.95. The zero-order valence-corrected chi connectivity index (χ0v) is 12.8. The highest BCUT2D eigenvalue weighted by Gasteiger charge is 2.13. The zero-order chi connectivity index (χ0) is 14.3. The smallest absolute Gasteiger partial charge is 0.188 e. The highest BCUT2D eigenvalue weighted by Crippen LogP contribution is 2.23. The summed E-state index contributed by atoms with van der Waals surface area (Å²) in [7, 11) is 0. The van der Waals surface area contributed by atoms with Crippen molar-refractivity contribution >= 4 is 12.4 Å². The van der Waals surface area contributed by atoms with E-state index < -0.39 is 0 Å². The molecule has 0 bridgehead atoms. The summed E-state index contributed by atoms with van der Waals surface area (Å²) in [4.78, 5) is 0. The van der Waals surface area contributed by atoms with Crippen LogP contribution in [-0.4, -0.2) is 27.2 Å². The number of tetrazole rings is 1. The largest absolute Gasteiger partial charge is 0.309 e. The van der Waals surface area contributed by atoms with Crippen molar-refractivity contribution in [1.29, 1.82) is 0 Å². The first-order chi connectivity index (χ1) is 10.4. The van der Waals surface area contributed by atoms with Crippen molar-refractivity contribution in [2.24, 2.45) is 0 Å². The molecule has 6 heteroatoms. The van der Waals surface area contributed by atoms with E-state index in [0.717, 1.165) is 6.54 Å². The lowest BCUT2D eigenvalue weighted by Crippen LogP contribution is -2.22. The molecule has 0 saturated heterocycles. The quantitative estimate of drug-likeness (QED) is 0.733. The Hall–Kier alpha value is -2.24. The number of nitrogens with zero attached hydrogens (tertiary/aromatic N) is 3. The van der Waals surface area contributed by atoms with E-state index >= 15 is 0 Å². The van der Waals surface area contributed by atoms with Crippen LogP contribution in [0.3, 0.4) is 0 Å². The van der Waals surface area contributed by atoms with Gasteiger partial charge in [-0.1, -0.05) is 65.9 Å². The van der Waals surface area contributed by atoms with Gasteiger partial charge in [0.05, 0.1) is 6.54 Å². The molecule has 2 N–H and O–H groups in total. The molecule has 0 saturated carbocycles. The summed E-state index contributed by atoms with van der Waals surface area (Å²) in [6.45, 7) is 1.43. The van der Waals surface area contributed by atoms with Crippen LogP contribution in [0.1, 0.15) is 22.9 Å². The Morgan fingerprint density at radius 2 is 1.50 bits per heavy atom. The third-order valence-electron chi connectivity index (χ3n) is 3.42. The van der Waals surface area contributed by atoms with Gasteiger partial charge in [-0.15, -0.1) is 22.6 Å². The summed E-state index contributed by atoms with van der Waals surface area (Å²) in [6.07, 6.45) is 0. The van der Waals surface area contributed by atoms with Gasteiger partial charge in [0.2, 0.25) is 0 Å². The summed E-state index contributed by atoms with van der Waals surface area (Å²) in [5, 5.41) is 17.3. The van der Waals surface area contributed by atoms with E-state index in [2.05, 4.69) is 74.5 Å². The van der Waals surface area contributed by atoms with Gasteiger partial charge in [0.1, 0.15) is 0 Å². The van der Waals surface area contributed by atoms with Gasteiger partial charge in [-0.3, -0.25) is 0 Å². The minimum Gasteiger partial charge on any atom is -0.309 e. The lowest BCUT2D eigenvalue weighted by molar-refractivity contribution is 0.618. The molecular formula is C16H18ClN5. The summed E-state index contributed by atoms with van der Waals surface area (Å²) in [5.41, 5.74) is 2.59. The van der Waals surface area contributed by atoms with Gasteiger partial charge in [0.15, 0.2) is 5.82 Å². The third kappa shape index (κ3) is 4.13. The molecule has 0 aliphatic heterocycles. The van der Waals surface area contributed by atoms with E-state index in [1.54, 1.807) is 0 Å². The number of aromatic amines is 1. The molecule has 0 radical (unpaired) electrons. The van der Waals surface area contributed by atoms with Crippen LogP contribution in [0.15, 0.2) is 60.7 Å². The molecule has 3 aromatic rings. The van der Waals surface area contributed by atoms with Gasteiger partial charge < -0.3 is 5.32 Å². The van der Waals surface area contributed by atoms with E-state index in [-0.39, 0.29) is 12.4 Å². The van der Waals surface area contributed by atoms with E-state index in [9.17, 15) is 0 Å². The molecule has 2 aromatic carbocycles. The maximum Gasteiger partial charge on any atom is 0.188 e. The van der Waals surface area contributed by atoms with E-state index in [0.29, 0.717) is 18.3 Å². The number of aromatic nitrogens is 4. The molecule has 0 atom stereocenters. The highest BCUT2D eigenvalue weighted by atomic mass is 35.5. The predicted octanol–water partition coefficient (Wildman–Crippen LogP) is 2.54. The van der Waals surface area contributed by atoms with Crippen molar-refractivity contribution in [3.8, 4) is 0 Å². The lowest BCUT2D eigenvalue weighted by Gasteiger charge is -2.18. The van der Waals surface area contributed by atoms with E-state index in [1.807, 2.05) is 12.1 Å². The van der Waals surface area contributed by atoms with Gasteiger partial charge in [-0.2, -0.15) is 5.21 Å². The Balaban J connectivity index is 0.00000176. The first-order valence-electron chi connectivity index (χ1n) is 6.96. The number of H-pyrrole nitrogens is 1. The van der Waals surface area contributed by atoms with Gasteiger partial charge in [-0.25, -0.2) is 0 Å². The normalized spacial score (nSPS) is 10.4. The number of nitrogens with one attached hydrogen (secondary N) is 2. The van der Waals surface area contributed by atoms with E-state index in [4.69, 9.17) is 0 Å². The van der Waals surface area contributed by atoms with Gasteiger partial charge >= 0.3 is 0 Å². The Morgan fingerprint density at radius 1 is 0.909 bits per heavy atom. The molecule has 0 unspecified atom stereocenters. The maximum absolute atomic E-state index is 3.95. The summed E-state index contributed by atoms with van der Waals surface area (Å²) < 4.78 is 0. The summed E-state index contributed by atoms with van der Waals surface area (Å²) in [6, 6.07) is 21.0. The molecule has 1 aromatic heterocycles. The van der Waals surface area contributed by atoms with Crippen molar-refractivity contribution < 1.29 is 0 Å². The van der Waals surface area contributed by atoms with Crippen LogP contribution >= 0.6 is 12.4 Å². The SMILES string of the molecule is Cl.c1ccc(C(CNCc2nn[nH]n2)c2ccccc2)cc1. The van der Waals surface area contributed by atoms with Crippen LogP contribution in [0, 0.1) is 0 Å². The molecule has 0 aliphatic rings. The van der Waals surface area contributed by atoms with Crippen LogP contribution < -0.4 is 5.32 Å². The monoisotopic (exact) mass is 315 g/mol. The van der Waals surface area contributed by atoms with E-state index in [1.165, 1.54) is 11.1 Å². The molecule has 22 heavy (non-hydrogen) atoms. The number of hydrogen-bond donors (Lipinski definition) is 2. The Bertz CT molecular complexity index is 603. The molecular weight excluding hydrogens is 298 g/mol. The van der Waals surface area contributed by atoms with Crippen molar-refractivity contribution in [3.63, 3.8) is 0 Å². The topological polar surface area (TPSA) is 66.5 Å².